The average molecular weight is 393 g/mol. The van der Waals surface area contributed by atoms with Crippen molar-refractivity contribution in [1.82, 2.24) is 15.4 Å². The van der Waals surface area contributed by atoms with Crippen LogP contribution in [0.5, 0.6) is 11.5 Å². The number of nitrogens with zero attached hydrogens (tertiary/aromatic N) is 3. The van der Waals surface area contributed by atoms with Crippen LogP contribution in [-0.4, -0.2) is 25.6 Å². The minimum absolute atomic E-state index is 0. The molecular formula is C12H13Cl2N3O2Zr. The second-order valence-electron chi connectivity index (χ2n) is 4.08. The van der Waals surface area contributed by atoms with E-state index in [2.05, 4.69) is 15.4 Å². The van der Waals surface area contributed by atoms with Crippen LogP contribution in [0, 0.1) is 20.8 Å². The van der Waals surface area contributed by atoms with E-state index in [-0.39, 0.29) is 36.3 Å². The molecule has 0 saturated carbocycles. The van der Waals surface area contributed by atoms with E-state index in [1.54, 1.807) is 12.3 Å². The number of hydrogen-bond acceptors (Lipinski definition) is 5. The molecule has 0 atom stereocenters. The fraction of sp³-hybridized carbons (Fsp3) is 0.250. The molecule has 2 aromatic rings. The summed E-state index contributed by atoms with van der Waals surface area (Å²) in [4.78, 5) is 0. The molecule has 1 aromatic carbocycles. The van der Waals surface area contributed by atoms with Crippen LogP contribution in [0.25, 0.3) is 0 Å². The summed E-state index contributed by atoms with van der Waals surface area (Å²) in [5.41, 5.74) is 2.57. The fourth-order valence-corrected chi connectivity index (χ4v) is 4.43. The Morgan fingerprint density at radius 1 is 0.950 bits per heavy atom. The van der Waals surface area contributed by atoms with Crippen LogP contribution in [0.2, 0.25) is 0 Å². The standard InChI is InChI=1S/C9H11O2.C3H2N3.2ClH.Zr/c1-5-6(2)8(10)4-9(11)7(5)3;1-2-4-6-5-3-1;;;/h10-11H,1-3H3;1-2H;2*1H;/q;;;;+2/p-2. The van der Waals surface area contributed by atoms with E-state index in [0.29, 0.717) is 3.27 Å². The summed E-state index contributed by atoms with van der Waals surface area (Å²) in [5.74, 6) is 0.390. The van der Waals surface area contributed by atoms with E-state index in [4.69, 9.17) is 0 Å². The first-order chi connectivity index (χ1) is 8.52. The summed E-state index contributed by atoms with van der Waals surface area (Å²) in [5, 5.41) is 31.5. The van der Waals surface area contributed by atoms with Gasteiger partial charge in [0.1, 0.15) is 0 Å². The van der Waals surface area contributed by atoms with Gasteiger partial charge in [0.05, 0.1) is 0 Å². The van der Waals surface area contributed by atoms with Crippen LogP contribution in [0.4, 0.5) is 0 Å². The van der Waals surface area contributed by atoms with Crippen molar-refractivity contribution < 1.29 is 58.3 Å². The summed E-state index contributed by atoms with van der Waals surface area (Å²) < 4.78 is 1.47. The molecule has 1 heterocycles. The van der Waals surface area contributed by atoms with Gasteiger partial charge in [-0.25, -0.2) is 0 Å². The zero-order valence-electron chi connectivity index (χ0n) is 11.1. The number of phenols is 2. The Labute approximate surface area is 141 Å². The maximum absolute atomic E-state index is 10.2. The molecule has 0 aliphatic heterocycles. The Bertz CT molecular complexity index is 568. The summed E-state index contributed by atoms with van der Waals surface area (Å²) in [6.45, 7) is 5.61. The molecule has 0 unspecified atom stereocenters. The molecule has 2 rings (SSSR count). The molecular weight excluding hydrogens is 380 g/mol. The molecule has 106 valence electrons. The Hall–Kier alpha value is -0.707. The Balaban J connectivity index is 0.00000180. The molecule has 5 nitrogen and oxygen atoms in total. The van der Waals surface area contributed by atoms with Gasteiger partial charge in [0.25, 0.3) is 0 Å². The van der Waals surface area contributed by atoms with Crippen LogP contribution in [0.1, 0.15) is 16.7 Å². The van der Waals surface area contributed by atoms with Gasteiger partial charge in [-0.05, 0) is 0 Å². The van der Waals surface area contributed by atoms with Gasteiger partial charge in [-0.2, -0.15) is 0 Å². The second kappa shape index (κ2) is 7.91. The molecule has 0 fully saturated rings. The van der Waals surface area contributed by atoms with E-state index >= 15 is 0 Å². The van der Waals surface area contributed by atoms with Gasteiger partial charge in [-0.1, -0.05) is 0 Å². The van der Waals surface area contributed by atoms with Crippen molar-refractivity contribution in [2.45, 2.75) is 20.8 Å². The summed E-state index contributed by atoms with van der Waals surface area (Å²) >= 11 is -1.38. The number of rotatable bonds is 2. The van der Waals surface area contributed by atoms with Gasteiger partial charge < -0.3 is 24.8 Å². The first-order valence-electron chi connectivity index (χ1n) is 5.45. The van der Waals surface area contributed by atoms with Crippen LogP contribution in [0.15, 0.2) is 12.3 Å². The number of hydrogen-bond donors (Lipinski definition) is 2. The third kappa shape index (κ3) is 3.69. The van der Waals surface area contributed by atoms with Crippen LogP contribution >= 0.6 is 0 Å². The van der Waals surface area contributed by atoms with E-state index in [0.717, 1.165) is 20.1 Å². The Kier molecular flexibility index (Phi) is 7.63. The van der Waals surface area contributed by atoms with E-state index in [9.17, 15) is 10.2 Å². The third-order valence-corrected chi connectivity index (χ3v) is 6.13. The minimum atomic E-state index is -1.38. The monoisotopic (exact) mass is 391 g/mol. The van der Waals surface area contributed by atoms with Crippen molar-refractivity contribution in [2.75, 3.05) is 0 Å². The molecule has 0 aliphatic rings. The molecule has 0 bridgehead atoms. The molecule has 0 amide bonds. The smallest absolute Gasteiger partial charge is 1.00 e. The van der Waals surface area contributed by atoms with E-state index < -0.39 is 23.2 Å². The Morgan fingerprint density at radius 2 is 1.50 bits per heavy atom. The molecule has 1 aromatic heterocycles. The minimum Gasteiger partial charge on any atom is -1.00 e. The van der Waals surface area contributed by atoms with Crippen LogP contribution < -0.4 is 31.5 Å². The molecule has 0 saturated heterocycles. The van der Waals surface area contributed by atoms with Crippen molar-refractivity contribution in [3.63, 3.8) is 0 Å². The van der Waals surface area contributed by atoms with Crippen molar-refractivity contribution in [3.8, 4) is 11.5 Å². The van der Waals surface area contributed by atoms with Gasteiger partial charge in [-0.3, -0.25) is 0 Å². The molecule has 0 spiro atoms. The van der Waals surface area contributed by atoms with Crippen molar-refractivity contribution in [1.29, 1.82) is 0 Å². The molecule has 0 aliphatic carbocycles. The van der Waals surface area contributed by atoms with E-state index in [1.165, 1.54) is 0 Å². The normalized spacial score (nSPS) is 9.15. The van der Waals surface area contributed by atoms with Crippen LogP contribution in [-0.2, 0) is 23.2 Å². The maximum Gasteiger partial charge on any atom is -1.00 e. The number of halogens is 2. The third-order valence-electron chi connectivity index (χ3n) is 3.07. The first-order valence-corrected chi connectivity index (χ1v) is 7.91. The molecule has 0 radical (unpaired) electrons. The van der Waals surface area contributed by atoms with Crippen LogP contribution in [0.3, 0.4) is 0 Å². The van der Waals surface area contributed by atoms with Crippen molar-refractivity contribution >= 4 is 6.67 Å². The zero-order chi connectivity index (χ0) is 13.3. The fourth-order valence-electron chi connectivity index (χ4n) is 1.68. The summed E-state index contributed by atoms with van der Waals surface area (Å²) in [6.07, 6.45) is 1.57. The molecule has 20 heavy (non-hydrogen) atoms. The second-order valence-corrected chi connectivity index (χ2v) is 7.18. The van der Waals surface area contributed by atoms with Gasteiger partial charge in [-0.15, -0.1) is 0 Å². The number of aromatic nitrogens is 3. The number of benzene rings is 1. The van der Waals surface area contributed by atoms with Gasteiger partial charge in [0, 0.05) is 0 Å². The molecule has 8 heteroatoms. The van der Waals surface area contributed by atoms with Gasteiger partial charge in [0.15, 0.2) is 0 Å². The maximum atomic E-state index is 10.2. The zero-order valence-corrected chi connectivity index (χ0v) is 15.1. The van der Waals surface area contributed by atoms with Crippen molar-refractivity contribution in [2.24, 2.45) is 0 Å². The summed E-state index contributed by atoms with van der Waals surface area (Å²) in [6, 6.07) is 1.78. The average Bonchev–Trinajstić information content (AvgIpc) is 2.40. The SMILES string of the molecule is Cc1c(C)c(O)[c]([Zr+2][c]2ccnnn2)c(O)c1C.[Cl-].[Cl-]. The first kappa shape index (κ1) is 19.3. The summed E-state index contributed by atoms with van der Waals surface area (Å²) in [7, 11) is 0. The van der Waals surface area contributed by atoms with E-state index in [1.807, 2.05) is 20.8 Å². The topological polar surface area (TPSA) is 79.1 Å². The van der Waals surface area contributed by atoms with Crippen molar-refractivity contribution in [3.05, 3.63) is 29.0 Å². The van der Waals surface area contributed by atoms with Gasteiger partial charge in [0.2, 0.25) is 0 Å². The molecule has 2 N–H and O–H groups in total. The number of phenolic OH excluding ortho intramolecular Hbond substituents is 2. The predicted molar refractivity (Wildman–Crippen MR) is 63.1 cm³/mol. The largest absolute Gasteiger partial charge is 1.00 e. The predicted octanol–water partition coefficient (Wildman–Crippen LogP) is -5.75. The Morgan fingerprint density at radius 3 is 1.95 bits per heavy atom. The number of aromatic hydroxyl groups is 2. The van der Waals surface area contributed by atoms with Gasteiger partial charge >= 0.3 is 117 Å². The quantitative estimate of drug-likeness (QED) is 0.532.